The first kappa shape index (κ1) is 22.6. The number of hydrazone groups is 1. The molecular formula is C26H24N4O4. The van der Waals surface area contributed by atoms with Crippen LogP contribution < -0.4 is 19.6 Å². The van der Waals surface area contributed by atoms with Gasteiger partial charge in [-0.2, -0.15) is 10.2 Å². The predicted octanol–water partition coefficient (Wildman–Crippen LogP) is 4.09. The zero-order chi connectivity index (χ0) is 23.8. The molecule has 0 saturated carbocycles. The van der Waals surface area contributed by atoms with Crippen LogP contribution in [0.2, 0.25) is 0 Å². The van der Waals surface area contributed by atoms with E-state index in [2.05, 4.69) is 10.5 Å². The lowest BCUT2D eigenvalue weighted by Gasteiger charge is -2.06. The molecule has 0 unspecified atom stereocenters. The molecule has 0 bridgehead atoms. The molecule has 1 N–H and O–H groups in total. The molecule has 172 valence electrons. The fraction of sp³-hybridized carbons (Fsp3) is 0.115. The summed E-state index contributed by atoms with van der Waals surface area (Å²) >= 11 is 0. The van der Waals surface area contributed by atoms with Gasteiger partial charge in [0.1, 0.15) is 22.9 Å². The van der Waals surface area contributed by atoms with Crippen LogP contribution in [0.15, 0.2) is 90.2 Å². The van der Waals surface area contributed by atoms with E-state index in [1.807, 2.05) is 60.8 Å². The number of methoxy groups -OCH3 is 2. The molecule has 0 saturated heterocycles. The molecule has 4 rings (SSSR count). The molecule has 8 nitrogen and oxygen atoms in total. The zero-order valence-electron chi connectivity index (χ0n) is 18.8. The summed E-state index contributed by atoms with van der Waals surface area (Å²) in [5.41, 5.74) is 5.76. The summed E-state index contributed by atoms with van der Waals surface area (Å²) in [6, 6.07) is 24.3. The molecule has 34 heavy (non-hydrogen) atoms. The second-order valence-electron chi connectivity index (χ2n) is 7.20. The van der Waals surface area contributed by atoms with Gasteiger partial charge in [0.05, 0.1) is 26.1 Å². The minimum atomic E-state index is -0.381. The molecule has 8 heteroatoms. The van der Waals surface area contributed by atoms with Crippen molar-refractivity contribution in [2.45, 2.75) is 0 Å². The Morgan fingerprint density at radius 3 is 2.18 bits per heavy atom. The maximum Gasteiger partial charge on any atom is 0.277 e. The maximum atomic E-state index is 12.2. The Labute approximate surface area is 197 Å². The summed E-state index contributed by atoms with van der Waals surface area (Å²) in [5.74, 6) is 1.65. The third-order valence-corrected chi connectivity index (χ3v) is 4.95. The minimum Gasteiger partial charge on any atom is -0.497 e. The lowest BCUT2D eigenvalue weighted by molar-refractivity contribution is -0.123. The van der Waals surface area contributed by atoms with Gasteiger partial charge in [-0.3, -0.25) is 4.79 Å². The molecule has 1 amide bonds. The highest BCUT2D eigenvalue weighted by molar-refractivity contribution is 5.89. The molecule has 0 atom stereocenters. The van der Waals surface area contributed by atoms with E-state index in [1.54, 1.807) is 49.4 Å². The van der Waals surface area contributed by atoms with E-state index in [1.165, 1.54) is 0 Å². The minimum absolute atomic E-state index is 0.168. The number of para-hydroxylation sites is 1. The van der Waals surface area contributed by atoms with Crippen molar-refractivity contribution < 1.29 is 19.0 Å². The summed E-state index contributed by atoms with van der Waals surface area (Å²) in [6.07, 6.45) is 3.43. The molecule has 1 heterocycles. The van der Waals surface area contributed by atoms with Gasteiger partial charge in [-0.05, 0) is 60.7 Å². The quantitative estimate of drug-likeness (QED) is 0.303. The number of carbonyl (C=O) groups excluding carboxylic acids is 1. The van der Waals surface area contributed by atoms with Gasteiger partial charge < -0.3 is 14.2 Å². The van der Waals surface area contributed by atoms with Crippen molar-refractivity contribution in [1.29, 1.82) is 0 Å². The first-order valence-electron chi connectivity index (χ1n) is 10.5. The number of benzene rings is 3. The van der Waals surface area contributed by atoms with Crippen LogP contribution in [0.4, 0.5) is 0 Å². The summed E-state index contributed by atoms with van der Waals surface area (Å²) in [5, 5.41) is 8.84. The number of ether oxygens (including phenoxy) is 3. The monoisotopic (exact) mass is 456 g/mol. The number of amides is 1. The van der Waals surface area contributed by atoms with Gasteiger partial charge in [0.2, 0.25) is 0 Å². The Morgan fingerprint density at radius 2 is 1.53 bits per heavy atom. The van der Waals surface area contributed by atoms with Crippen molar-refractivity contribution in [3.63, 3.8) is 0 Å². The van der Waals surface area contributed by atoms with E-state index < -0.39 is 0 Å². The molecule has 0 aliphatic carbocycles. The largest absolute Gasteiger partial charge is 0.497 e. The number of hydrogen-bond donors (Lipinski definition) is 1. The van der Waals surface area contributed by atoms with Crippen LogP contribution in [0.1, 0.15) is 5.56 Å². The molecular weight excluding hydrogens is 432 g/mol. The van der Waals surface area contributed by atoms with Crippen LogP contribution in [0.3, 0.4) is 0 Å². The van der Waals surface area contributed by atoms with E-state index in [0.717, 1.165) is 28.3 Å². The summed E-state index contributed by atoms with van der Waals surface area (Å²) in [4.78, 5) is 12.2. The molecule has 0 aliphatic heterocycles. The van der Waals surface area contributed by atoms with E-state index >= 15 is 0 Å². The van der Waals surface area contributed by atoms with Crippen LogP contribution in [0.5, 0.6) is 17.2 Å². The predicted molar refractivity (Wildman–Crippen MR) is 130 cm³/mol. The number of aromatic nitrogens is 2. The van der Waals surface area contributed by atoms with Gasteiger partial charge in [-0.1, -0.05) is 18.2 Å². The SMILES string of the molecule is COc1ccc(OCC(=O)N/N=C/c2cn(-c3ccccc3)nc2-c2ccc(OC)cc2)cc1. The average molecular weight is 457 g/mol. The standard InChI is InChI=1S/C26H24N4O4/c1-32-22-10-8-19(9-11-22)26-20(17-30(29-26)21-6-4-3-5-7-21)16-27-28-25(31)18-34-24-14-12-23(33-2)13-15-24/h3-17H,18H2,1-2H3,(H,28,31)/b27-16+. The van der Waals surface area contributed by atoms with Gasteiger partial charge >= 0.3 is 0 Å². The summed E-state index contributed by atoms with van der Waals surface area (Å²) in [7, 11) is 3.21. The number of hydrogen-bond acceptors (Lipinski definition) is 6. The van der Waals surface area contributed by atoms with Crippen molar-refractivity contribution in [2.75, 3.05) is 20.8 Å². The van der Waals surface area contributed by atoms with Crippen LogP contribution >= 0.6 is 0 Å². The van der Waals surface area contributed by atoms with Crippen molar-refractivity contribution in [3.8, 4) is 34.2 Å². The molecule has 0 spiro atoms. The number of carbonyl (C=O) groups is 1. The fourth-order valence-corrected chi connectivity index (χ4v) is 3.19. The first-order valence-corrected chi connectivity index (χ1v) is 10.5. The van der Waals surface area contributed by atoms with E-state index in [-0.39, 0.29) is 12.5 Å². The van der Waals surface area contributed by atoms with Gasteiger partial charge in [0, 0.05) is 17.3 Å². The highest BCUT2D eigenvalue weighted by atomic mass is 16.5. The number of nitrogens with one attached hydrogen (secondary N) is 1. The highest BCUT2D eigenvalue weighted by Crippen LogP contribution is 2.25. The summed E-state index contributed by atoms with van der Waals surface area (Å²) in [6.45, 7) is -0.168. The van der Waals surface area contributed by atoms with Crippen LogP contribution in [0.25, 0.3) is 16.9 Å². The van der Waals surface area contributed by atoms with Crippen molar-refractivity contribution >= 4 is 12.1 Å². The normalized spacial score (nSPS) is 10.8. The zero-order valence-corrected chi connectivity index (χ0v) is 18.8. The molecule has 1 aromatic heterocycles. The van der Waals surface area contributed by atoms with Crippen molar-refractivity contribution in [3.05, 3.63) is 90.6 Å². The van der Waals surface area contributed by atoms with Gasteiger partial charge in [-0.25, -0.2) is 10.1 Å². The Balaban J connectivity index is 1.47. The number of rotatable bonds is 9. The van der Waals surface area contributed by atoms with E-state index in [9.17, 15) is 4.79 Å². The van der Waals surface area contributed by atoms with E-state index in [4.69, 9.17) is 19.3 Å². The molecule has 0 fully saturated rings. The summed E-state index contributed by atoms with van der Waals surface area (Å²) < 4.78 is 17.6. The molecule has 0 radical (unpaired) electrons. The Morgan fingerprint density at radius 1 is 0.912 bits per heavy atom. The van der Waals surface area contributed by atoms with Crippen molar-refractivity contribution in [1.82, 2.24) is 15.2 Å². The smallest absolute Gasteiger partial charge is 0.277 e. The Hall–Kier alpha value is -4.59. The number of nitrogens with zero attached hydrogens (tertiary/aromatic N) is 3. The second kappa shape index (κ2) is 10.8. The topological polar surface area (TPSA) is 87.0 Å². The van der Waals surface area contributed by atoms with Crippen LogP contribution in [-0.4, -0.2) is 42.7 Å². The lowest BCUT2D eigenvalue weighted by Crippen LogP contribution is -2.24. The molecule has 0 aliphatic rings. The Bertz CT molecular complexity index is 1250. The Kier molecular flexibility index (Phi) is 7.19. The van der Waals surface area contributed by atoms with Crippen molar-refractivity contribution in [2.24, 2.45) is 5.10 Å². The molecule has 3 aromatic carbocycles. The maximum absolute atomic E-state index is 12.2. The van der Waals surface area contributed by atoms with E-state index in [0.29, 0.717) is 11.5 Å². The fourth-order valence-electron chi connectivity index (χ4n) is 3.19. The average Bonchev–Trinajstić information content (AvgIpc) is 3.32. The second-order valence-corrected chi connectivity index (χ2v) is 7.20. The van der Waals surface area contributed by atoms with Gasteiger partial charge in [0.15, 0.2) is 6.61 Å². The van der Waals surface area contributed by atoms with Gasteiger partial charge in [-0.15, -0.1) is 0 Å². The van der Waals surface area contributed by atoms with Gasteiger partial charge in [0.25, 0.3) is 5.91 Å². The molecule has 4 aromatic rings. The third kappa shape index (κ3) is 5.60. The van der Waals surface area contributed by atoms with Crippen LogP contribution in [-0.2, 0) is 4.79 Å². The van der Waals surface area contributed by atoms with Crippen LogP contribution in [0, 0.1) is 0 Å². The lowest BCUT2D eigenvalue weighted by atomic mass is 10.1. The third-order valence-electron chi connectivity index (χ3n) is 4.95. The highest BCUT2D eigenvalue weighted by Gasteiger charge is 2.12. The first-order chi connectivity index (χ1) is 16.7.